The van der Waals surface area contributed by atoms with Gasteiger partial charge in [0.25, 0.3) is 0 Å². The average Bonchev–Trinajstić information content (AvgIpc) is 2.96. The van der Waals surface area contributed by atoms with E-state index in [0.717, 1.165) is 51.5 Å². The van der Waals surface area contributed by atoms with Crippen molar-refractivity contribution in [1.82, 2.24) is 15.2 Å². The normalized spacial score (nSPS) is 21.6. The molecule has 0 amide bonds. The first-order chi connectivity index (χ1) is 18.9. The van der Waals surface area contributed by atoms with Crippen LogP contribution < -0.4 is 15.1 Å². The first kappa shape index (κ1) is 26.1. The number of benzene rings is 2. The zero-order valence-corrected chi connectivity index (χ0v) is 22.4. The van der Waals surface area contributed by atoms with E-state index in [1.165, 1.54) is 46.6 Å². The second-order valence-electron chi connectivity index (χ2n) is 11.1. The molecule has 2 aromatic carbocycles. The molecule has 2 aliphatic heterocycles. The van der Waals surface area contributed by atoms with Crippen molar-refractivity contribution in [3.8, 4) is 0 Å². The number of alkyl halides is 3. The minimum atomic E-state index is -4.32. The molecule has 5 nitrogen and oxygen atoms in total. The Balaban J connectivity index is 1.13. The van der Waals surface area contributed by atoms with Crippen LogP contribution in [0.4, 0.5) is 24.5 Å². The summed E-state index contributed by atoms with van der Waals surface area (Å²) in [6.45, 7) is 4.78. The van der Waals surface area contributed by atoms with Gasteiger partial charge >= 0.3 is 6.18 Å². The molecule has 0 unspecified atom stereocenters. The molecule has 1 aliphatic carbocycles. The van der Waals surface area contributed by atoms with Gasteiger partial charge in [-0.15, -0.1) is 0 Å². The summed E-state index contributed by atoms with van der Waals surface area (Å²) in [6.07, 6.45) is 2.02. The fourth-order valence-electron chi connectivity index (χ4n) is 6.59. The summed E-state index contributed by atoms with van der Waals surface area (Å²) in [5, 5.41) is 3.76. The molecular weight excluding hydrogens is 499 g/mol. The Labute approximate surface area is 228 Å². The SMILES string of the molecule is CN(C[C@H]1Cc2c(cccc2N2CCN(c3cccc(C(F)(F)F)c3)CC2)CN1)[C@H]1CCCc2cccnc21. The van der Waals surface area contributed by atoms with Gasteiger partial charge in [-0.3, -0.25) is 9.88 Å². The third-order valence-corrected chi connectivity index (χ3v) is 8.64. The first-order valence-corrected chi connectivity index (χ1v) is 14.0. The average molecular weight is 536 g/mol. The van der Waals surface area contributed by atoms with Crippen LogP contribution in [0.1, 0.15) is 46.8 Å². The highest BCUT2D eigenvalue weighted by Gasteiger charge is 2.32. The Kier molecular flexibility index (Phi) is 7.25. The van der Waals surface area contributed by atoms with E-state index in [9.17, 15) is 13.2 Å². The highest BCUT2D eigenvalue weighted by Crippen LogP contribution is 2.35. The number of anilines is 2. The summed E-state index contributed by atoms with van der Waals surface area (Å²) in [5.41, 5.74) is 6.70. The molecule has 1 saturated heterocycles. The Morgan fingerprint density at radius 2 is 1.74 bits per heavy atom. The van der Waals surface area contributed by atoms with Crippen LogP contribution >= 0.6 is 0 Å². The van der Waals surface area contributed by atoms with Crippen LogP contribution in [0.25, 0.3) is 0 Å². The van der Waals surface area contributed by atoms with E-state index in [1.807, 2.05) is 12.3 Å². The second kappa shape index (κ2) is 10.8. The van der Waals surface area contributed by atoms with Crippen LogP contribution in [0.5, 0.6) is 0 Å². The van der Waals surface area contributed by atoms with Crippen molar-refractivity contribution in [2.24, 2.45) is 0 Å². The third kappa shape index (κ3) is 5.50. The van der Waals surface area contributed by atoms with Crippen molar-refractivity contribution < 1.29 is 13.2 Å². The molecule has 2 atom stereocenters. The van der Waals surface area contributed by atoms with E-state index in [0.29, 0.717) is 30.9 Å². The minimum absolute atomic E-state index is 0.351. The molecule has 6 rings (SSSR count). The minimum Gasteiger partial charge on any atom is -0.368 e. The fraction of sp³-hybridized carbons (Fsp3) is 0.452. The Hall–Kier alpha value is -3.10. The summed E-state index contributed by atoms with van der Waals surface area (Å²) in [5.74, 6) is 0. The highest BCUT2D eigenvalue weighted by molar-refractivity contribution is 5.60. The Morgan fingerprint density at radius 1 is 0.974 bits per heavy atom. The van der Waals surface area contributed by atoms with Crippen molar-refractivity contribution in [2.75, 3.05) is 49.6 Å². The van der Waals surface area contributed by atoms with Gasteiger partial charge in [-0.05, 0) is 79.8 Å². The number of hydrogen-bond acceptors (Lipinski definition) is 5. The zero-order valence-electron chi connectivity index (χ0n) is 22.4. The molecule has 0 bridgehead atoms. The number of nitrogens with one attached hydrogen (secondary N) is 1. The van der Waals surface area contributed by atoms with Gasteiger partial charge in [0.15, 0.2) is 0 Å². The topological polar surface area (TPSA) is 34.6 Å². The number of aryl methyl sites for hydroxylation is 1. The van der Waals surface area contributed by atoms with Crippen molar-refractivity contribution in [3.63, 3.8) is 0 Å². The standard InChI is InChI=1S/C31H36F3N5/c1-37(29-12-2-6-22-8-5-13-35-30(22)29)21-25-19-27-23(20-36-25)7-3-11-28(27)39-16-14-38(15-17-39)26-10-4-9-24(18-26)31(32,33)34/h3-5,7-11,13,18,25,29,36H,2,6,12,14-17,19-21H2,1H3/t25-,29+/m1/s1. The lowest BCUT2D eigenvalue weighted by atomic mass is 9.89. The first-order valence-electron chi connectivity index (χ1n) is 14.0. The highest BCUT2D eigenvalue weighted by atomic mass is 19.4. The number of piperazine rings is 1. The Bertz CT molecular complexity index is 1300. The van der Waals surface area contributed by atoms with Crippen LogP contribution in [0.2, 0.25) is 0 Å². The fourth-order valence-corrected chi connectivity index (χ4v) is 6.59. The van der Waals surface area contributed by atoms with Crippen LogP contribution in [0.15, 0.2) is 60.8 Å². The van der Waals surface area contributed by atoms with Gasteiger partial charge in [0.1, 0.15) is 0 Å². The quantitative estimate of drug-likeness (QED) is 0.470. The van der Waals surface area contributed by atoms with Gasteiger partial charge in [0, 0.05) is 62.9 Å². The number of pyridine rings is 1. The summed E-state index contributed by atoms with van der Waals surface area (Å²) in [6, 6.07) is 17.2. The smallest absolute Gasteiger partial charge is 0.368 e. The summed E-state index contributed by atoms with van der Waals surface area (Å²) in [7, 11) is 2.23. The van der Waals surface area contributed by atoms with Gasteiger partial charge in [-0.25, -0.2) is 0 Å². The monoisotopic (exact) mass is 535 g/mol. The number of fused-ring (bicyclic) bond motifs is 2. The molecule has 39 heavy (non-hydrogen) atoms. The van der Waals surface area contributed by atoms with E-state index in [1.54, 1.807) is 6.07 Å². The van der Waals surface area contributed by atoms with Crippen molar-refractivity contribution >= 4 is 11.4 Å². The number of halogens is 3. The maximum atomic E-state index is 13.2. The van der Waals surface area contributed by atoms with Gasteiger partial charge in [0.05, 0.1) is 17.3 Å². The number of aromatic nitrogens is 1. The molecule has 0 radical (unpaired) electrons. The van der Waals surface area contributed by atoms with Crippen molar-refractivity contribution in [2.45, 2.75) is 50.5 Å². The number of likely N-dealkylation sites (N-methyl/N-ethyl adjacent to an activating group) is 1. The lowest BCUT2D eigenvalue weighted by Crippen LogP contribution is -2.48. The largest absolute Gasteiger partial charge is 0.416 e. The van der Waals surface area contributed by atoms with E-state index in [-0.39, 0.29) is 0 Å². The van der Waals surface area contributed by atoms with E-state index >= 15 is 0 Å². The van der Waals surface area contributed by atoms with Gasteiger partial charge in [0.2, 0.25) is 0 Å². The lowest BCUT2D eigenvalue weighted by molar-refractivity contribution is -0.137. The number of nitrogens with zero attached hydrogens (tertiary/aromatic N) is 4. The maximum absolute atomic E-state index is 13.2. The van der Waals surface area contributed by atoms with Crippen molar-refractivity contribution in [1.29, 1.82) is 0 Å². The molecule has 1 aromatic heterocycles. The van der Waals surface area contributed by atoms with Gasteiger partial charge in [-0.2, -0.15) is 13.2 Å². The van der Waals surface area contributed by atoms with Gasteiger partial charge in [-0.1, -0.05) is 24.3 Å². The molecule has 1 fully saturated rings. The van der Waals surface area contributed by atoms with E-state index < -0.39 is 11.7 Å². The maximum Gasteiger partial charge on any atom is 0.416 e. The second-order valence-corrected chi connectivity index (χ2v) is 11.1. The van der Waals surface area contributed by atoms with Crippen molar-refractivity contribution in [3.05, 3.63) is 88.7 Å². The van der Waals surface area contributed by atoms with Crippen LogP contribution in [-0.4, -0.2) is 55.7 Å². The number of rotatable bonds is 5. The molecular formula is C31H36F3N5. The van der Waals surface area contributed by atoms with Crippen LogP contribution in [-0.2, 0) is 25.6 Å². The zero-order chi connectivity index (χ0) is 27.0. The Morgan fingerprint density at radius 3 is 2.56 bits per heavy atom. The lowest BCUT2D eigenvalue weighted by Gasteiger charge is -2.40. The molecule has 3 heterocycles. The predicted molar refractivity (Wildman–Crippen MR) is 149 cm³/mol. The molecule has 3 aromatic rings. The van der Waals surface area contributed by atoms with Crippen LogP contribution in [0.3, 0.4) is 0 Å². The molecule has 8 heteroatoms. The third-order valence-electron chi connectivity index (χ3n) is 8.64. The summed E-state index contributed by atoms with van der Waals surface area (Å²) < 4.78 is 39.7. The van der Waals surface area contributed by atoms with E-state index in [4.69, 9.17) is 4.98 Å². The van der Waals surface area contributed by atoms with Gasteiger partial charge < -0.3 is 15.1 Å². The molecule has 0 spiro atoms. The molecule has 0 saturated carbocycles. The molecule has 1 N–H and O–H groups in total. The molecule has 206 valence electrons. The predicted octanol–water partition coefficient (Wildman–Crippen LogP) is 5.45. The molecule has 3 aliphatic rings. The summed E-state index contributed by atoms with van der Waals surface area (Å²) >= 11 is 0. The summed E-state index contributed by atoms with van der Waals surface area (Å²) in [4.78, 5) is 11.7. The number of hydrogen-bond donors (Lipinski definition) is 1. The van der Waals surface area contributed by atoms with E-state index in [2.05, 4.69) is 51.3 Å². The van der Waals surface area contributed by atoms with Crippen LogP contribution in [0, 0.1) is 0 Å².